The molecular formula is C9H9F2N3. The van der Waals surface area contributed by atoms with Crippen molar-refractivity contribution in [3.05, 3.63) is 18.0 Å². The van der Waals surface area contributed by atoms with Gasteiger partial charge in [0, 0.05) is 12.8 Å². The Bertz CT molecular complexity index is 378. The van der Waals surface area contributed by atoms with Gasteiger partial charge in [0.15, 0.2) is 0 Å². The number of hydrogen-bond donors (Lipinski definition) is 0. The second-order valence-corrected chi connectivity index (χ2v) is 3.53. The second kappa shape index (κ2) is 3.05. The van der Waals surface area contributed by atoms with Crippen LogP contribution in [-0.2, 0) is 0 Å². The summed E-state index contributed by atoms with van der Waals surface area (Å²) in [7, 11) is 0. The van der Waals surface area contributed by atoms with Gasteiger partial charge in [-0.25, -0.2) is 8.78 Å². The zero-order valence-corrected chi connectivity index (χ0v) is 7.45. The minimum Gasteiger partial charge on any atom is -0.252 e. The number of nitriles is 1. The molecule has 0 saturated heterocycles. The summed E-state index contributed by atoms with van der Waals surface area (Å²) in [6.45, 7) is 0. The maximum Gasteiger partial charge on any atom is 0.250 e. The van der Waals surface area contributed by atoms with Crippen molar-refractivity contribution in [1.29, 1.82) is 5.26 Å². The molecule has 1 atom stereocenters. The summed E-state index contributed by atoms with van der Waals surface area (Å²) < 4.78 is 27.2. The Morgan fingerprint density at radius 3 is 3.00 bits per heavy atom. The molecule has 0 spiro atoms. The molecule has 14 heavy (non-hydrogen) atoms. The lowest BCUT2D eigenvalue weighted by Crippen LogP contribution is -2.14. The second-order valence-electron chi connectivity index (χ2n) is 3.53. The third kappa shape index (κ3) is 1.48. The summed E-state index contributed by atoms with van der Waals surface area (Å²) in [5, 5.41) is 12.6. The van der Waals surface area contributed by atoms with E-state index in [1.165, 1.54) is 16.9 Å². The van der Waals surface area contributed by atoms with Crippen molar-refractivity contribution in [3.63, 3.8) is 0 Å². The lowest BCUT2D eigenvalue weighted by molar-refractivity contribution is 0.00516. The van der Waals surface area contributed by atoms with Gasteiger partial charge in [-0.15, -0.1) is 0 Å². The minimum atomic E-state index is -2.59. The van der Waals surface area contributed by atoms with Gasteiger partial charge in [0.05, 0.1) is 12.2 Å². The third-order valence-corrected chi connectivity index (χ3v) is 2.51. The SMILES string of the molecule is N#Cc1ccnn1C1CCC(F)(F)C1. The van der Waals surface area contributed by atoms with Crippen LogP contribution in [0, 0.1) is 11.3 Å². The van der Waals surface area contributed by atoms with E-state index >= 15 is 0 Å². The van der Waals surface area contributed by atoms with Crippen LogP contribution in [0.2, 0.25) is 0 Å². The van der Waals surface area contributed by atoms with Crippen molar-refractivity contribution < 1.29 is 8.78 Å². The molecule has 2 rings (SSSR count). The van der Waals surface area contributed by atoms with Gasteiger partial charge in [-0.2, -0.15) is 10.4 Å². The number of aromatic nitrogens is 2. The molecule has 1 aromatic rings. The van der Waals surface area contributed by atoms with E-state index in [2.05, 4.69) is 5.10 Å². The minimum absolute atomic E-state index is 0.109. The Hall–Kier alpha value is -1.44. The fourth-order valence-corrected chi connectivity index (χ4v) is 1.83. The van der Waals surface area contributed by atoms with Gasteiger partial charge in [-0.1, -0.05) is 0 Å². The van der Waals surface area contributed by atoms with Gasteiger partial charge in [0.25, 0.3) is 0 Å². The van der Waals surface area contributed by atoms with Crippen molar-refractivity contribution in [3.8, 4) is 6.07 Å². The normalized spacial score (nSPS) is 24.8. The Balaban J connectivity index is 2.22. The zero-order chi connectivity index (χ0) is 10.2. The molecule has 0 aliphatic heterocycles. The van der Waals surface area contributed by atoms with E-state index in [4.69, 9.17) is 5.26 Å². The van der Waals surface area contributed by atoms with E-state index in [0.717, 1.165) is 0 Å². The van der Waals surface area contributed by atoms with E-state index in [-0.39, 0.29) is 18.9 Å². The van der Waals surface area contributed by atoms with Gasteiger partial charge in [0.2, 0.25) is 5.92 Å². The first-order valence-electron chi connectivity index (χ1n) is 4.44. The first kappa shape index (κ1) is 9.13. The van der Waals surface area contributed by atoms with Crippen molar-refractivity contribution in [2.45, 2.75) is 31.2 Å². The van der Waals surface area contributed by atoms with Crippen LogP contribution < -0.4 is 0 Å². The molecule has 1 fully saturated rings. The summed E-state index contributed by atoms with van der Waals surface area (Å²) in [5.74, 6) is -2.59. The number of halogens is 2. The Morgan fingerprint density at radius 2 is 2.43 bits per heavy atom. The van der Waals surface area contributed by atoms with Crippen LogP contribution in [0.4, 0.5) is 8.78 Å². The van der Waals surface area contributed by atoms with Gasteiger partial charge < -0.3 is 0 Å². The van der Waals surface area contributed by atoms with Crippen LogP contribution in [0.5, 0.6) is 0 Å². The number of hydrogen-bond acceptors (Lipinski definition) is 2. The summed E-state index contributed by atoms with van der Waals surface area (Å²) >= 11 is 0. The molecule has 0 radical (unpaired) electrons. The molecule has 0 bridgehead atoms. The lowest BCUT2D eigenvalue weighted by atomic mass is 10.2. The Kier molecular flexibility index (Phi) is 1.99. The van der Waals surface area contributed by atoms with Crippen LogP contribution in [0.25, 0.3) is 0 Å². The van der Waals surface area contributed by atoms with Crippen molar-refractivity contribution >= 4 is 0 Å². The van der Waals surface area contributed by atoms with Crippen molar-refractivity contribution in [2.75, 3.05) is 0 Å². The van der Waals surface area contributed by atoms with Crippen molar-refractivity contribution in [2.24, 2.45) is 0 Å². The zero-order valence-electron chi connectivity index (χ0n) is 7.45. The largest absolute Gasteiger partial charge is 0.252 e. The number of rotatable bonds is 1. The van der Waals surface area contributed by atoms with Gasteiger partial charge in [0.1, 0.15) is 11.8 Å². The average molecular weight is 197 g/mol. The highest BCUT2D eigenvalue weighted by Crippen LogP contribution is 2.41. The molecule has 1 aliphatic carbocycles. The molecule has 1 aliphatic rings. The number of alkyl halides is 2. The molecule has 1 aromatic heterocycles. The molecule has 0 aromatic carbocycles. The topological polar surface area (TPSA) is 41.6 Å². The Labute approximate surface area is 79.9 Å². The average Bonchev–Trinajstić information content (AvgIpc) is 2.70. The van der Waals surface area contributed by atoms with E-state index < -0.39 is 5.92 Å². The summed E-state index contributed by atoms with van der Waals surface area (Å²) in [6, 6.07) is 3.15. The number of nitrogens with zero attached hydrogens (tertiary/aromatic N) is 3. The highest BCUT2D eigenvalue weighted by molar-refractivity contribution is 5.19. The van der Waals surface area contributed by atoms with Gasteiger partial charge in [-0.3, -0.25) is 4.68 Å². The first-order valence-corrected chi connectivity index (χ1v) is 4.44. The van der Waals surface area contributed by atoms with Crippen LogP contribution in [0.3, 0.4) is 0 Å². The van der Waals surface area contributed by atoms with Crippen LogP contribution in [0.15, 0.2) is 12.3 Å². The summed E-state index contributed by atoms with van der Waals surface area (Å²) in [5.41, 5.74) is 0.354. The molecule has 1 saturated carbocycles. The molecule has 0 N–H and O–H groups in total. The predicted octanol–water partition coefficient (Wildman–Crippen LogP) is 2.12. The molecule has 1 heterocycles. The van der Waals surface area contributed by atoms with Gasteiger partial charge in [-0.05, 0) is 12.5 Å². The predicted molar refractivity (Wildman–Crippen MR) is 44.8 cm³/mol. The smallest absolute Gasteiger partial charge is 0.250 e. The van der Waals surface area contributed by atoms with E-state index in [1.54, 1.807) is 0 Å². The molecule has 5 heteroatoms. The highest BCUT2D eigenvalue weighted by Gasteiger charge is 2.41. The fourth-order valence-electron chi connectivity index (χ4n) is 1.83. The first-order chi connectivity index (χ1) is 6.62. The third-order valence-electron chi connectivity index (χ3n) is 2.51. The van der Waals surface area contributed by atoms with Crippen LogP contribution in [-0.4, -0.2) is 15.7 Å². The molecule has 0 amide bonds. The van der Waals surface area contributed by atoms with E-state index in [1.807, 2.05) is 6.07 Å². The maximum atomic E-state index is 12.9. The molecule has 1 unspecified atom stereocenters. The summed E-state index contributed by atoms with van der Waals surface area (Å²) in [4.78, 5) is 0. The van der Waals surface area contributed by atoms with Crippen LogP contribution >= 0.6 is 0 Å². The lowest BCUT2D eigenvalue weighted by Gasteiger charge is -2.11. The van der Waals surface area contributed by atoms with Crippen molar-refractivity contribution in [1.82, 2.24) is 9.78 Å². The molecular weight excluding hydrogens is 188 g/mol. The quantitative estimate of drug-likeness (QED) is 0.691. The molecule has 74 valence electrons. The monoisotopic (exact) mass is 197 g/mol. The standard InChI is InChI=1S/C9H9F2N3/c10-9(11)3-1-7(5-9)14-8(6-12)2-4-13-14/h2,4,7H,1,3,5H2. The Morgan fingerprint density at radius 1 is 1.64 bits per heavy atom. The van der Waals surface area contributed by atoms with E-state index in [0.29, 0.717) is 12.1 Å². The van der Waals surface area contributed by atoms with E-state index in [9.17, 15) is 8.78 Å². The fraction of sp³-hybridized carbons (Fsp3) is 0.556. The van der Waals surface area contributed by atoms with Crippen LogP contribution in [0.1, 0.15) is 31.0 Å². The highest BCUT2D eigenvalue weighted by atomic mass is 19.3. The maximum absolute atomic E-state index is 12.9. The van der Waals surface area contributed by atoms with Gasteiger partial charge >= 0.3 is 0 Å². The summed E-state index contributed by atoms with van der Waals surface area (Å²) in [6.07, 6.45) is 1.55. The molecule has 3 nitrogen and oxygen atoms in total.